The first-order valence-corrected chi connectivity index (χ1v) is 13.4. The molecule has 10 nitrogen and oxygen atoms in total. The molecular formula is C27H32N4O6S. The summed E-state index contributed by atoms with van der Waals surface area (Å²) in [6, 6.07) is 8.29. The summed E-state index contributed by atoms with van der Waals surface area (Å²) in [6.45, 7) is 7.43. The van der Waals surface area contributed by atoms with Gasteiger partial charge in [-0.3, -0.25) is 14.4 Å². The highest BCUT2D eigenvalue weighted by molar-refractivity contribution is 7.13. The fraction of sp³-hybridized carbons (Fsp3) is 0.444. The third-order valence-corrected chi connectivity index (χ3v) is 7.66. The molecule has 3 aromatic rings. The number of nitrogens with zero attached hydrogens (tertiary/aromatic N) is 3. The molecule has 0 saturated carbocycles. The van der Waals surface area contributed by atoms with Gasteiger partial charge < -0.3 is 24.6 Å². The van der Waals surface area contributed by atoms with Crippen LogP contribution < -0.4 is 10.1 Å². The van der Waals surface area contributed by atoms with Crippen molar-refractivity contribution in [2.75, 3.05) is 13.2 Å². The number of likely N-dealkylation sites (tertiary alicyclic amines) is 1. The van der Waals surface area contributed by atoms with Crippen molar-refractivity contribution in [3.8, 4) is 16.3 Å². The highest BCUT2D eigenvalue weighted by atomic mass is 32.1. The Kier molecular flexibility index (Phi) is 8.58. The molecular weight excluding hydrogens is 508 g/mol. The summed E-state index contributed by atoms with van der Waals surface area (Å²) in [5, 5.41) is 17.2. The fourth-order valence-electron chi connectivity index (χ4n) is 4.72. The van der Waals surface area contributed by atoms with E-state index in [9.17, 15) is 19.5 Å². The Hall–Kier alpha value is -3.57. The molecule has 1 saturated heterocycles. The van der Waals surface area contributed by atoms with Crippen molar-refractivity contribution in [1.29, 1.82) is 0 Å². The molecule has 3 heterocycles. The lowest BCUT2D eigenvalue weighted by molar-refractivity contribution is -0.141. The molecule has 1 aromatic carbocycles. The smallest absolute Gasteiger partial charge is 0.254 e. The summed E-state index contributed by atoms with van der Waals surface area (Å²) in [5.41, 5.74) is 4.78. The van der Waals surface area contributed by atoms with E-state index >= 15 is 0 Å². The van der Waals surface area contributed by atoms with Gasteiger partial charge in [0.25, 0.3) is 5.88 Å². The van der Waals surface area contributed by atoms with Gasteiger partial charge in [-0.2, -0.15) is 0 Å². The number of aromatic nitrogens is 2. The maximum absolute atomic E-state index is 13.7. The van der Waals surface area contributed by atoms with Crippen LogP contribution in [0.2, 0.25) is 0 Å². The SMILES string of the molecule is Cc1ncsc1-c1ccc([C@H](C)NC(=O)[C@@H]2C[C@@H](O)CN2C(=O)C(c2cc(OCC=O)no2)C(C)C)cc1. The number of aliphatic hydroxyl groups is 1. The number of aldehydes is 1. The number of carbonyl (C=O) groups is 3. The maximum Gasteiger partial charge on any atom is 0.254 e. The van der Waals surface area contributed by atoms with Crippen LogP contribution in [-0.2, 0) is 14.4 Å². The van der Waals surface area contributed by atoms with E-state index in [1.54, 1.807) is 11.3 Å². The third-order valence-electron chi connectivity index (χ3n) is 6.69. The average molecular weight is 541 g/mol. The quantitative estimate of drug-likeness (QED) is 0.374. The van der Waals surface area contributed by atoms with Gasteiger partial charge in [0.1, 0.15) is 18.6 Å². The zero-order chi connectivity index (χ0) is 27.4. The first kappa shape index (κ1) is 27.5. The van der Waals surface area contributed by atoms with Crippen LogP contribution in [0.5, 0.6) is 5.88 Å². The Labute approximate surface area is 225 Å². The summed E-state index contributed by atoms with van der Waals surface area (Å²) in [6.07, 6.45) is -0.0878. The van der Waals surface area contributed by atoms with E-state index in [-0.39, 0.29) is 55.0 Å². The number of aryl methyl sites for hydroxylation is 1. The van der Waals surface area contributed by atoms with Gasteiger partial charge in [0.2, 0.25) is 11.8 Å². The Bertz CT molecular complexity index is 1270. The van der Waals surface area contributed by atoms with Gasteiger partial charge in [-0.1, -0.05) is 38.1 Å². The predicted octanol–water partition coefficient (Wildman–Crippen LogP) is 3.26. The summed E-state index contributed by atoms with van der Waals surface area (Å²) in [5.74, 6) is -1.22. The zero-order valence-electron chi connectivity index (χ0n) is 21.8. The molecule has 2 N–H and O–H groups in total. The number of hydrogen-bond acceptors (Lipinski definition) is 9. The number of thiazole rings is 1. The van der Waals surface area contributed by atoms with Gasteiger partial charge in [-0.25, -0.2) is 4.98 Å². The van der Waals surface area contributed by atoms with Crippen molar-refractivity contribution >= 4 is 29.4 Å². The van der Waals surface area contributed by atoms with Gasteiger partial charge in [0.15, 0.2) is 12.0 Å². The van der Waals surface area contributed by atoms with Crippen LogP contribution in [-0.4, -0.2) is 63.5 Å². The van der Waals surface area contributed by atoms with Gasteiger partial charge in [0.05, 0.1) is 28.2 Å². The number of rotatable bonds is 10. The van der Waals surface area contributed by atoms with E-state index in [1.165, 1.54) is 11.0 Å². The van der Waals surface area contributed by atoms with Gasteiger partial charge >= 0.3 is 0 Å². The predicted molar refractivity (Wildman–Crippen MR) is 141 cm³/mol. The molecule has 0 radical (unpaired) electrons. The molecule has 11 heteroatoms. The second-order valence-corrected chi connectivity index (χ2v) is 10.6. The lowest BCUT2D eigenvalue weighted by Crippen LogP contribution is -2.48. The minimum Gasteiger partial charge on any atom is -0.468 e. The highest BCUT2D eigenvalue weighted by Crippen LogP contribution is 2.33. The van der Waals surface area contributed by atoms with Crippen molar-refractivity contribution in [2.24, 2.45) is 5.92 Å². The first-order chi connectivity index (χ1) is 18.2. The molecule has 4 rings (SSSR count). The Balaban J connectivity index is 1.46. The van der Waals surface area contributed by atoms with Crippen LogP contribution in [0.25, 0.3) is 10.4 Å². The van der Waals surface area contributed by atoms with Crippen molar-refractivity contribution in [3.05, 3.63) is 52.9 Å². The van der Waals surface area contributed by atoms with Crippen molar-refractivity contribution in [2.45, 2.75) is 58.2 Å². The number of nitrogens with one attached hydrogen (secondary N) is 1. The number of amides is 2. The minimum atomic E-state index is -0.825. The van der Waals surface area contributed by atoms with Crippen LogP contribution in [0.4, 0.5) is 0 Å². The minimum absolute atomic E-state index is 0.0417. The Morgan fingerprint density at radius 2 is 2.03 bits per heavy atom. The second-order valence-electron chi connectivity index (χ2n) is 9.78. The van der Waals surface area contributed by atoms with Crippen molar-refractivity contribution in [1.82, 2.24) is 20.4 Å². The monoisotopic (exact) mass is 540 g/mol. The number of benzene rings is 1. The van der Waals surface area contributed by atoms with E-state index in [1.807, 2.05) is 57.5 Å². The molecule has 202 valence electrons. The van der Waals surface area contributed by atoms with Crippen LogP contribution in [0, 0.1) is 12.8 Å². The standard InChI is InChI=1S/C27H32N4O6S/c1-15(2)24(22-12-23(30-37-22)36-10-9-32)27(35)31-13-20(33)11-21(31)26(34)29-16(3)18-5-7-19(8-6-18)25-17(4)28-14-38-25/h5-9,12,14-16,20-21,24,33H,10-11,13H2,1-4H3,(H,29,34)/t16-,20+,21-,24?/m0/s1. The fourth-order valence-corrected chi connectivity index (χ4v) is 5.53. The molecule has 1 aliphatic rings. The van der Waals surface area contributed by atoms with Crippen molar-refractivity contribution in [3.63, 3.8) is 0 Å². The van der Waals surface area contributed by atoms with E-state index in [4.69, 9.17) is 9.26 Å². The molecule has 0 bridgehead atoms. The Morgan fingerprint density at radius 3 is 2.66 bits per heavy atom. The number of aliphatic hydroxyl groups excluding tert-OH is 1. The van der Waals surface area contributed by atoms with E-state index in [0.29, 0.717) is 6.29 Å². The molecule has 1 unspecified atom stereocenters. The molecule has 0 spiro atoms. The van der Waals surface area contributed by atoms with Crippen LogP contribution in [0.15, 0.2) is 40.4 Å². The number of hydrogen-bond donors (Lipinski definition) is 2. The highest BCUT2D eigenvalue weighted by Gasteiger charge is 2.43. The topological polar surface area (TPSA) is 135 Å². The molecule has 2 amide bonds. The largest absolute Gasteiger partial charge is 0.468 e. The first-order valence-electron chi connectivity index (χ1n) is 12.5. The summed E-state index contributed by atoms with van der Waals surface area (Å²) in [4.78, 5) is 44.4. The molecule has 38 heavy (non-hydrogen) atoms. The van der Waals surface area contributed by atoms with Gasteiger partial charge in [-0.05, 0) is 36.0 Å². The number of carbonyl (C=O) groups excluding carboxylic acids is 3. The second kappa shape index (κ2) is 11.9. The number of ether oxygens (including phenoxy) is 1. The lowest BCUT2D eigenvalue weighted by Gasteiger charge is -2.29. The number of β-amino-alcohol motifs (C(OH)–C–C–N with tert-alkyl or cyclic N) is 1. The average Bonchev–Trinajstić information content (AvgIpc) is 3.62. The molecule has 2 aromatic heterocycles. The van der Waals surface area contributed by atoms with E-state index in [0.717, 1.165) is 21.7 Å². The zero-order valence-corrected chi connectivity index (χ0v) is 22.6. The third kappa shape index (κ3) is 5.94. The summed E-state index contributed by atoms with van der Waals surface area (Å²) < 4.78 is 10.5. The van der Waals surface area contributed by atoms with Crippen LogP contribution in [0.1, 0.15) is 56.2 Å². The lowest BCUT2D eigenvalue weighted by atomic mass is 9.91. The normalized spacial score (nSPS) is 18.8. The maximum atomic E-state index is 13.7. The van der Waals surface area contributed by atoms with Crippen molar-refractivity contribution < 1.29 is 28.8 Å². The molecule has 1 aliphatic heterocycles. The van der Waals surface area contributed by atoms with Gasteiger partial charge in [0, 0.05) is 19.0 Å². The van der Waals surface area contributed by atoms with E-state index < -0.39 is 18.1 Å². The van der Waals surface area contributed by atoms with E-state index in [2.05, 4.69) is 15.5 Å². The summed E-state index contributed by atoms with van der Waals surface area (Å²) >= 11 is 1.58. The van der Waals surface area contributed by atoms with Gasteiger partial charge in [-0.15, -0.1) is 11.3 Å². The Morgan fingerprint density at radius 1 is 1.29 bits per heavy atom. The summed E-state index contributed by atoms with van der Waals surface area (Å²) in [7, 11) is 0. The molecule has 4 atom stereocenters. The molecule has 1 fully saturated rings. The van der Waals surface area contributed by atoms with Crippen LogP contribution in [0.3, 0.4) is 0 Å². The molecule has 0 aliphatic carbocycles. The van der Waals surface area contributed by atoms with Crippen LogP contribution >= 0.6 is 11.3 Å².